The van der Waals surface area contributed by atoms with Crippen LogP contribution in [0, 0.1) is 0 Å². The number of nitrogens with zero attached hydrogens (tertiary/aromatic N) is 1. The summed E-state index contributed by atoms with van der Waals surface area (Å²) in [6.07, 6.45) is 1.93. The Labute approximate surface area is 56.1 Å². The molecule has 48 valence electrons. The molecule has 1 rings (SSSR count). The van der Waals surface area contributed by atoms with Gasteiger partial charge in [0.2, 0.25) is 0 Å². The van der Waals surface area contributed by atoms with Crippen LogP contribution in [-0.4, -0.2) is 18.0 Å². The van der Waals surface area contributed by atoms with Gasteiger partial charge in [0.25, 0.3) is 0 Å². The van der Waals surface area contributed by atoms with Gasteiger partial charge in [-0.1, -0.05) is 13.8 Å². The maximum Gasteiger partial charge on any atom is 0.143 e. The minimum atomic E-state index is 0.538. The molecule has 0 aliphatic carbocycles. The lowest BCUT2D eigenvalue weighted by Crippen LogP contribution is -2.07. The molecule has 2 nitrogen and oxygen atoms in total. The van der Waals surface area contributed by atoms with Crippen LogP contribution in [0.5, 0.6) is 0 Å². The normalized spacial score (nSPS) is 10.6. The molecular formula is C6H11BN2. The molecule has 0 saturated heterocycles. The summed E-state index contributed by atoms with van der Waals surface area (Å²) in [5, 5.41) is 6.92. The molecule has 3 heteroatoms. The highest BCUT2D eigenvalue weighted by atomic mass is 15.1. The lowest BCUT2D eigenvalue weighted by atomic mass is 9.92. The van der Waals surface area contributed by atoms with Gasteiger partial charge in [-0.25, -0.2) is 0 Å². The van der Waals surface area contributed by atoms with Crippen molar-refractivity contribution in [1.29, 1.82) is 0 Å². The summed E-state index contributed by atoms with van der Waals surface area (Å²) in [6.45, 7) is 4.28. The predicted octanol–water partition coefficient (Wildman–Crippen LogP) is -0.209. The summed E-state index contributed by atoms with van der Waals surface area (Å²) in [7, 11) is 2.07. The zero-order valence-corrected chi connectivity index (χ0v) is 6.10. The van der Waals surface area contributed by atoms with E-state index in [2.05, 4.69) is 31.9 Å². The van der Waals surface area contributed by atoms with E-state index in [1.165, 1.54) is 11.2 Å². The second-order valence-electron chi connectivity index (χ2n) is 2.61. The van der Waals surface area contributed by atoms with E-state index in [4.69, 9.17) is 0 Å². The number of nitrogens with one attached hydrogen (secondary N) is 1. The number of hydrogen-bond acceptors (Lipinski definition) is 1. The fraction of sp³-hybridized carbons (Fsp3) is 0.500. The highest BCUT2D eigenvalue weighted by Gasteiger charge is 2.03. The fourth-order valence-electron chi connectivity index (χ4n) is 0.945. The zero-order chi connectivity index (χ0) is 6.85. The van der Waals surface area contributed by atoms with Crippen LogP contribution >= 0.6 is 0 Å². The molecule has 0 fully saturated rings. The summed E-state index contributed by atoms with van der Waals surface area (Å²) in [5.74, 6) is 0.538. The second-order valence-corrected chi connectivity index (χ2v) is 2.61. The number of aromatic nitrogens is 2. The molecule has 1 aromatic rings. The topological polar surface area (TPSA) is 28.7 Å². The van der Waals surface area contributed by atoms with Gasteiger partial charge in [0, 0.05) is 6.20 Å². The molecule has 0 saturated carbocycles. The summed E-state index contributed by atoms with van der Waals surface area (Å²) in [4.78, 5) is 0. The molecular weight excluding hydrogens is 111 g/mol. The molecule has 0 aliphatic rings. The Bertz CT molecular complexity index is 193. The third-order valence-electron chi connectivity index (χ3n) is 1.42. The first kappa shape index (κ1) is 6.40. The van der Waals surface area contributed by atoms with E-state index in [9.17, 15) is 0 Å². The average molecular weight is 122 g/mol. The quantitative estimate of drug-likeness (QED) is 0.513. The molecule has 0 atom stereocenters. The zero-order valence-electron chi connectivity index (χ0n) is 6.10. The molecule has 0 unspecified atom stereocenters. The van der Waals surface area contributed by atoms with Gasteiger partial charge in [-0.3, -0.25) is 5.10 Å². The van der Waals surface area contributed by atoms with Crippen molar-refractivity contribution in [2.75, 3.05) is 0 Å². The maximum absolute atomic E-state index is 4.09. The van der Waals surface area contributed by atoms with E-state index in [-0.39, 0.29) is 0 Å². The van der Waals surface area contributed by atoms with Crippen LogP contribution in [0.15, 0.2) is 6.20 Å². The van der Waals surface area contributed by atoms with Crippen LogP contribution in [0.1, 0.15) is 25.5 Å². The number of H-pyrrole nitrogens is 1. The van der Waals surface area contributed by atoms with Gasteiger partial charge in [0.1, 0.15) is 7.85 Å². The predicted molar refractivity (Wildman–Crippen MR) is 40.9 cm³/mol. The molecule has 0 spiro atoms. The van der Waals surface area contributed by atoms with Crippen molar-refractivity contribution in [3.63, 3.8) is 0 Å². The summed E-state index contributed by atoms with van der Waals surface area (Å²) < 4.78 is 0. The Morgan fingerprint density at radius 1 is 1.67 bits per heavy atom. The third-order valence-corrected chi connectivity index (χ3v) is 1.42. The number of hydrogen-bond donors (Lipinski definition) is 1. The van der Waals surface area contributed by atoms with E-state index in [0.717, 1.165) is 0 Å². The maximum atomic E-state index is 4.09. The highest BCUT2D eigenvalue weighted by Crippen LogP contribution is 2.05. The molecule has 9 heavy (non-hydrogen) atoms. The minimum Gasteiger partial charge on any atom is -0.286 e. The molecule has 0 aliphatic heterocycles. The van der Waals surface area contributed by atoms with Crippen molar-refractivity contribution < 1.29 is 0 Å². The van der Waals surface area contributed by atoms with Crippen LogP contribution in [0.25, 0.3) is 0 Å². The van der Waals surface area contributed by atoms with E-state index in [1.54, 1.807) is 0 Å². The van der Waals surface area contributed by atoms with Gasteiger partial charge >= 0.3 is 0 Å². The van der Waals surface area contributed by atoms with Gasteiger partial charge in [0.05, 0.1) is 5.69 Å². The summed E-state index contributed by atoms with van der Waals surface area (Å²) in [6, 6.07) is 0. The van der Waals surface area contributed by atoms with Crippen LogP contribution < -0.4 is 5.46 Å². The Kier molecular flexibility index (Phi) is 1.60. The first-order valence-corrected chi connectivity index (χ1v) is 3.22. The molecule has 1 heterocycles. The van der Waals surface area contributed by atoms with Crippen LogP contribution in [0.2, 0.25) is 0 Å². The van der Waals surface area contributed by atoms with E-state index in [1.807, 2.05) is 6.20 Å². The van der Waals surface area contributed by atoms with Gasteiger partial charge < -0.3 is 0 Å². The monoisotopic (exact) mass is 122 g/mol. The highest BCUT2D eigenvalue weighted by molar-refractivity contribution is 6.33. The van der Waals surface area contributed by atoms with Crippen molar-refractivity contribution in [2.45, 2.75) is 19.8 Å². The van der Waals surface area contributed by atoms with Crippen LogP contribution in [0.3, 0.4) is 0 Å². The summed E-state index contributed by atoms with van der Waals surface area (Å²) >= 11 is 0. The van der Waals surface area contributed by atoms with Gasteiger partial charge in [-0.05, 0) is 11.4 Å². The van der Waals surface area contributed by atoms with Crippen molar-refractivity contribution in [3.8, 4) is 0 Å². The first-order valence-electron chi connectivity index (χ1n) is 3.22. The van der Waals surface area contributed by atoms with E-state index >= 15 is 0 Å². The SMILES string of the molecule is Bc1c[nH]nc1C(C)C. The molecule has 0 radical (unpaired) electrons. The van der Waals surface area contributed by atoms with Crippen LogP contribution in [0.4, 0.5) is 0 Å². The first-order chi connectivity index (χ1) is 4.22. The van der Waals surface area contributed by atoms with Crippen molar-refractivity contribution in [2.24, 2.45) is 0 Å². The lowest BCUT2D eigenvalue weighted by molar-refractivity contribution is 0.815. The molecule has 0 bridgehead atoms. The van der Waals surface area contributed by atoms with Crippen molar-refractivity contribution in [1.82, 2.24) is 10.2 Å². The molecule has 1 N–H and O–H groups in total. The third kappa shape index (κ3) is 1.15. The number of aromatic amines is 1. The second kappa shape index (κ2) is 2.25. The van der Waals surface area contributed by atoms with E-state index in [0.29, 0.717) is 5.92 Å². The Hall–Kier alpha value is -0.725. The molecule has 1 aromatic heterocycles. The fourth-order valence-corrected chi connectivity index (χ4v) is 0.945. The number of rotatable bonds is 1. The molecule has 0 aromatic carbocycles. The van der Waals surface area contributed by atoms with Gasteiger partial charge in [-0.15, -0.1) is 0 Å². The van der Waals surface area contributed by atoms with Crippen molar-refractivity contribution >= 4 is 13.3 Å². The van der Waals surface area contributed by atoms with E-state index < -0.39 is 0 Å². The Morgan fingerprint density at radius 3 is 2.56 bits per heavy atom. The smallest absolute Gasteiger partial charge is 0.143 e. The lowest BCUT2D eigenvalue weighted by Gasteiger charge is -1.98. The minimum absolute atomic E-state index is 0.538. The summed E-state index contributed by atoms with van der Waals surface area (Å²) in [5.41, 5.74) is 2.43. The van der Waals surface area contributed by atoms with Gasteiger partial charge in [-0.2, -0.15) is 5.10 Å². The Morgan fingerprint density at radius 2 is 2.33 bits per heavy atom. The van der Waals surface area contributed by atoms with Crippen molar-refractivity contribution in [3.05, 3.63) is 11.9 Å². The molecule has 0 amide bonds. The van der Waals surface area contributed by atoms with Crippen LogP contribution in [-0.2, 0) is 0 Å². The average Bonchev–Trinajstić information content (AvgIpc) is 2.13. The largest absolute Gasteiger partial charge is 0.286 e. The van der Waals surface area contributed by atoms with Gasteiger partial charge in [0.15, 0.2) is 0 Å². The standard InChI is InChI=1S/C6H11BN2/c1-4(2)6-5(7)3-8-9-6/h3-4H,7H2,1-2H3,(H,8,9). The Balaban J connectivity index is 2.94.